The van der Waals surface area contributed by atoms with E-state index >= 15 is 0 Å². The van der Waals surface area contributed by atoms with Crippen LogP contribution in [0.5, 0.6) is 0 Å². The van der Waals surface area contributed by atoms with Gasteiger partial charge in [0.25, 0.3) is 0 Å². The molecule has 0 aromatic heterocycles. The molecule has 1 nitrogen and oxygen atoms in total. The van der Waals surface area contributed by atoms with Crippen molar-refractivity contribution in [2.45, 2.75) is 32.7 Å². The Morgan fingerprint density at radius 1 is 1.38 bits per heavy atom. The van der Waals surface area contributed by atoms with E-state index in [0.29, 0.717) is 5.88 Å². The third-order valence-corrected chi connectivity index (χ3v) is 3.28. The summed E-state index contributed by atoms with van der Waals surface area (Å²) in [5, 5.41) is 0. The normalized spacial score (nSPS) is 31.3. The van der Waals surface area contributed by atoms with Crippen LogP contribution in [0.1, 0.15) is 26.7 Å². The van der Waals surface area contributed by atoms with Gasteiger partial charge in [-0.2, -0.15) is 0 Å². The SMILES string of the molecule is CC1CCCN(CC=CCCl)C1C. The van der Waals surface area contributed by atoms with Gasteiger partial charge in [-0.15, -0.1) is 11.6 Å². The van der Waals surface area contributed by atoms with Gasteiger partial charge in [-0.25, -0.2) is 0 Å². The van der Waals surface area contributed by atoms with E-state index in [2.05, 4.69) is 24.8 Å². The van der Waals surface area contributed by atoms with Crippen molar-refractivity contribution < 1.29 is 0 Å². The molecule has 0 bridgehead atoms. The first-order valence-corrected chi connectivity index (χ1v) is 5.74. The van der Waals surface area contributed by atoms with Crippen LogP contribution in [-0.2, 0) is 0 Å². The Labute approximate surface area is 86.8 Å². The predicted molar refractivity (Wildman–Crippen MR) is 59.3 cm³/mol. The summed E-state index contributed by atoms with van der Waals surface area (Å²) < 4.78 is 0. The largest absolute Gasteiger partial charge is 0.297 e. The van der Waals surface area contributed by atoms with Crippen LogP contribution in [-0.4, -0.2) is 29.9 Å². The topological polar surface area (TPSA) is 3.24 Å². The maximum atomic E-state index is 5.58. The van der Waals surface area contributed by atoms with Gasteiger partial charge in [0.2, 0.25) is 0 Å². The van der Waals surface area contributed by atoms with Crippen LogP contribution in [0.25, 0.3) is 0 Å². The van der Waals surface area contributed by atoms with E-state index in [1.807, 2.05) is 6.08 Å². The number of halogens is 1. The lowest BCUT2D eigenvalue weighted by Crippen LogP contribution is -2.42. The lowest BCUT2D eigenvalue weighted by atomic mass is 9.92. The molecule has 0 aliphatic carbocycles. The van der Waals surface area contributed by atoms with Gasteiger partial charge >= 0.3 is 0 Å². The molecule has 1 aliphatic rings. The summed E-state index contributed by atoms with van der Waals surface area (Å²) in [6.07, 6.45) is 6.95. The van der Waals surface area contributed by atoms with Crippen LogP contribution in [0.15, 0.2) is 12.2 Å². The molecule has 2 atom stereocenters. The van der Waals surface area contributed by atoms with Crippen molar-refractivity contribution >= 4 is 11.6 Å². The molecule has 13 heavy (non-hydrogen) atoms. The molecule has 76 valence electrons. The highest BCUT2D eigenvalue weighted by molar-refractivity contribution is 6.18. The van der Waals surface area contributed by atoms with E-state index in [9.17, 15) is 0 Å². The Bertz CT molecular complexity index is 167. The predicted octanol–water partition coefficient (Wildman–Crippen LogP) is 2.90. The first-order valence-electron chi connectivity index (χ1n) is 5.20. The molecule has 0 aromatic rings. The average molecular weight is 202 g/mol. The van der Waals surface area contributed by atoms with Crippen LogP contribution >= 0.6 is 11.6 Å². The van der Waals surface area contributed by atoms with Gasteiger partial charge in [-0.05, 0) is 32.2 Å². The molecule has 0 spiro atoms. The molecule has 0 radical (unpaired) electrons. The van der Waals surface area contributed by atoms with Gasteiger partial charge in [0.05, 0.1) is 0 Å². The minimum Gasteiger partial charge on any atom is -0.297 e. The highest BCUT2D eigenvalue weighted by Gasteiger charge is 2.23. The molecule has 0 amide bonds. The third kappa shape index (κ3) is 3.32. The summed E-state index contributed by atoms with van der Waals surface area (Å²) in [4.78, 5) is 2.54. The maximum Gasteiger partial charge on any atom is 0.0404 e. The zero-order valence-corrected chi connectivity index (χ0v) is 9.43. The van der Waals surface area contributed by atoms with Crippen molar-refractivity contribution in [3.8, 4) is 0 Å². The highest BCUT2D eigenvalue weighted by atomic mass is 35.5. The minimum atomic E-state index is 0.637. The smallest absolute Gasteiger partial charge is 0.0404 e. The Morgan fingerprint density at radius 2 is 2.15 bits per heavy atom. The first-order chi connectivity index (χ1) is 6.25. The van der Waals surface area contributed by atoms with Crippen LogP contribution < -0.4 is 0 Å². The maximum absolute atomic E-state index is 5.58. The van der Waals surface area contributed by atoms with Crippen LogP contribution in [0.2, 0.25) is 0 Å². The Kier molecular flexibility index (Phi) is 4.82. The monoisotopic (exact) mass is 201 g/mol. The minimum absolute atomic E-state index is 0.637. The fourth-order valence-corrected chi connectivity index (χ4v) is 2.08. The lowest BCUT2D eigenvalue weighted by molar-refractivity contribution is 0.128. The van der Waals surface area contributed by atoms with Gasteiger partial charge in [0.15, 0.2) is 0 Å². The number of likely N-dealkylation sites (tertiary alicyclic amines) is 1. The summed E-state index contributed by atoms with van der Waals surface area (Å²) >= 11 is 5.58. The third-order valence-electron chi connectivity index (χ3n) is 3.10. The molecule has 1 heterocycles. The van der Waals surface area contributed by atoms with Gasteiger partial charge in [0.1, 0.15) is 0 Å². The molecule has 2 heteroatoms. The van der Waals surface area contributed by atoms with Crippen molar-refractivity contribution in [3.63, 3.8) is 0 Å². The molecule has 1 aliphatic heterocycles. The fraction of sp³-hybridized carbons (Fsp3) is 0.818. The van der Waals surface area contributed by atoms with E-state index in [-0.39, 0.29) is 0 Å². The zero-order chi connectivity index (χ0) is 9.68. The first kappa shape index (κ1) is 11.1. The fourth-order valence-electron chi connectivity index (χ4n) is 1.95. The second-order valence-electron chi connectivity index (χ2n) is 3.98. The Hall–Kier alpha value is -0.0100. The van der Waals surface area contributed by atoms with E-state index < -0.39 is 0 Å². The van der Waals surface area contributed by atoms with E-state index in [4.69, 9.17) is 11.6 Å². The van der Waals surface area contributed by atoms with Crippen molar-refractivity contribution in [3.05, 3.63) is 12.2 Å². The molecule has 1 fully saturated rings. The summed E-state index contributed by atoms with van der Waals surface area (Å²) in [6, 6.07) is 0.730. The number of hydrogen-bond donors (Lipinski definition) is 0. The molecule has 0 saturated carbocycles. The van der Waals surface area contributed by atoms with Crippen molar-refractivity contribution in [1.29, 1.82) is 0 Å². The average Bonchev–Trinajstić information content (AvgIpc) is 2.13. The second kappa shape index (κ2) is 5.66. The number of hydrogen-bond acceptors (Lipinski definition) is 1. The van der Waals surface area contributed by atoms with Gasteiger partial charge < -0.3 is 0 Å². The standard InChI is InChI=1S/C11H20ClN/c1-10-6-5-9-13(11(10)2)8-4-3-7-12/h3-4,10-11H,5-9H2,1-2H3. The molecular weight excluding hydrogens is 182 g/mol. The van der Waals surface area contributed by atoms with Crippen LogP contribution in [0, 0.1) is 5.92 Å². The summed E-state index contributed by atoms with van der Waals surface area (Å²) in [5.41, 5.74) is 0. The van der Waals surface area contributed by atoms with Crippen molar-refractivity contribution in [2.75, 3.05) is 19.0 Å². The number of nitrogens with zero attached hydrogens (tertiary/aromatic N) is 1. The zero-order valence-electron chi connectivity index (χ0n) is 8.67. The van der Waals surface area contributed by atoms with E-state index in [0.717, 1.165) is 18.5 Å². The van der Waals surface area contributed by atoms with E-state index in [1.54, 1.807) is 0 Å². The summed E-state index contributed by atoms with van der Waals surface area (Å²) in [6.45, 7) is 7.00. The molecular formula is C11H20ClN. The quantitative estimate of drug-likeness (QED) is 0.502. The molecule has 2 unspecified atom stereocenters. The Balaban J connectivity index is 2.35. The van der Waals surface area contributed by atoms with Crippen molar-refractivity contribution in [1.82, 2.24) is 4.90 Å². The molecule has 1 rings (SSSR count). The number of alkyl halides is 1. The summed E-state index contributed by atoms with van der Waals surface area (Å²) in [7, 11) is 0. The number of rotatable bonds is 3. The Morgan fingerprint density at radius 3 is 2.85 bits per heavy atom. The van der Waals surface area contributed by atoms with Crippen LogP contribution in [0.4, 0.5) is 0 Å². The van der Waals surface area contributed by atoms with Gasteiger partial charge in [-0.3, -0.25) is 4.90 Å². The molecule has 0 N–H and O–H groups in total. The highest BCUT2D eigenvalue weighted by Crippen LogP contribution is 2.22. The van der Waals surface area contributed by atoms with Gasteiger partial charge in [0, 0.05) is 18.5 Å². The molecule has 1 saturated heterocycles. The number of piperidine rings is 1. The van der Waals surface area contributed by atoms with E-state index in [1.165, 1.54) is 19.4 Å². The summed E-state index contributed by atoms with van der Waals surface area (Å²) in [5.74, 6) is 1.48. The number of allylic oxidation sites excluding steroid dienone is 1. The van der Waals surface area contributed by atoms with Gasteiger partial charge in [-0.1, -0.05) is 19.1 Å². The molecule has 0 aromatic carbocycles. The second-order valence-corrected chi connectivity index (χ2v) is 4.29. The van der Waals surface area contributed by atoms with Crippen LogP contribution in [0.3, 0.4) is 0 Å². The lowest BCUT2D eigenvalue weighted by Gasteiger charge is -2.37. The van der Waals surface area contributed by atoms with Crippen molar-refractivity contribution in [2.24, 2.45) is 5.92 Å².